The van der Waals surface area contributed by atoms with Crippen molar-refractivity contribution in [1.29, 1.82) is 0 Å². The van der Waals surface area contributed by atoms with Gasteiger partial charge in [-0.3, -0.25) is 14.9 Å². The molecule has 0 aliphatic carbocycles. The minimum absolute atomic E-state index is 0.219. The third kappa shape index (κ3) is 4.04. The summed E-state index contributed by atoms with van der Waals surface area (Å²) in [5.41, 5.74) is 8.75. The van der Waals surface area contributed by atoms with Gasteiger partial charge in [-0.1, -0.05) is 24.3 Å². The fourth-order valence-electron chi connectivity index (χ4n) is 2.79. The summed E-state index contributed by atoms with van der Waals surface area (Å²) >= 11 is 0. The number of nitrogens with one attached hydrogen (secondary N) is 4. The first-order valence-electron chi connectivity index (χ1n) is 8.30. The third-order valence-corrected chi connectivity index (χ3v) is 6.05. The number of para-hydroxylation sites is 1. The van der Waals surface area contributed by atoms with Crippen LogP contribution in [0, 0.1) is 19.8 Å². The van der Waals surface area contributed by atoms with Crippen molar-refractivity contribution in [3.05, 3.63) is 59.7 Å². The topological polar surface area (TPSA) is 99.3 Å². The van der Waals surface area contributed by atoms with E-state index in [0.29, 0.717) is 11.4 Å². The van der Waals surface area contributed by atoms with Gasteiger partial charge >= 0.3 is 0 Å². The highest BCUT2D eigenvalue weighted by molar-refractivity contribution is 7.93. The molecule has 2 aromatic carbocycles. The standard InChI is InChI=1S/C18H22N4O3S/c1-12-8-9-15(10-13(12)2)20-17(23)16-11-19-21-18(16)26(24,25)22-14-6-4-3-5-7-14/h3-10,16,18-19,21-22H,11H2,1-2H3,(H,20,23). The summed E-state index contributed by atoms with van der Waals surface area (Å²) in [5.74, 6) is -1.12. The average Bonchev–Trinajstić information content (AvgIpc) is 3.10. The third-order valence-electron chi connectivity index (χ3n) is 4.41. The Morgan fingerprint density at radius 1 is 1.04 bits per heavy atom. The Morgan fingerprint density at radius 3 is 2.46 bits per heavy atom. The number of carbonyl (C=O) groups excluding carboxylic acids is 1. The SMILES string of the molecule is Cc1ccc(NC(=O)C2CNNC2S(=O)(=O)Nc2ccccc2)cc1C. The Hall–Kier alpha value is -2.42. The molecule has 26 heavy (non-hydrogen) atoms. The van der Waals surface area contributed by atoms with Gasteiger partial charge in [-0.25, -0.2) is 13.8 Å². The number of carbonyl (C=O) groups is 1. The number of aryl methyl sites for hydroxylation is 2. The molecule has 2 unspecified atom stereocenters. The molecule has 2 atom stereocenters. The lowest BCUT2D eigenvalue weighted by Gasteiger charge is -2.19. The van der Waals surface area contributed by atoms with Crippen LogP contribution in [0.1, 0.15) is 11.1 Å². The van der Waals surface area contributed by atoms with Gasteiger partial charge in [0.1, 0.15) is 0 Å². The molecule has 7 nitrogen and oxygen atoms in total. The minimum Gasteiger partial charge on any atom is -0.326 e. The van der Waals surface area contributed by atoms with Crippen LogP contribution >= 0.6 is 0 Å². The molecule has 3 rings (SSSR count). The van der Waals surface area contributed by atoms with Gasteiger partial charge in [0.2, 0.25) is 5.91 Å². The van der Waals surface area contributed by atoms with Crippen molar-refractivity contribution in [2.24, 2.45) is 5.92 Å². The predicted molar refractivity (Wildman–Crippen MR) is 102 cm³/mol. The van der Waals surface area contributed by atoms with E-state index in [4.69, 9.17) is 0 Å². The zero-order chi connectivity index (χ0) is 18.7. The van der Waals surface area contributed by atoms with E-state index in [-0.39, 0.29) is 12.5 Å². The van der Waals surface area contributed by atoms with Crippen LogP contribution in [0.15, 0.2) is 48.5 Å². The summed E-state index contributed by atoms with van der Waals surface area (Å²) in [6.45, 7) is 4.17. The molecule has 1 aliphatic rings. The molecular weight excluding hydrogens is 352 g/mol. The van der Waals surface area contributed by atoms with Crippen molar-refractivity contribution < 1.29 is 13.2 Å². The van der Waals surface area contributed by atoms with Crippen molar-refractivity contribution in [3.63, 3.8) is 0 Å². The summed E-state index contributed by atoms with van der Waals surface area (Å²) in [6.07, 6.45) is 0. The second kappa shape index (κ2) is 7.45. The molecule has 138 valence electrons. The highest BCUT2D eigenvalue weighted by atomic mass is 32.2. The Kier molecular flexibility index (Phi) is 5.26. The van der Waals surface area contributed by atoms with Crippen molar-refractivity contribution in [2.45, 2.75) is 19.2 Å². The van der Waals surface area contributed by atoms with Crippen molar-refractivity contribution in [1.82, 2.24) is 10.9 Å². The van der Waals surface area contributed by atoms with Crippen molar-refractivity contribution >= 4 is 27.3 Å². The maximum atomic E-state index is 12.7. The van der Waals surface area contributed by atoms with Crippen LogP contribution in [0.5, 0.6) is 0 Å². The maximum Gasteiger partial charge on any atom is 0.250 e. The summed E-state index contributed by atoms with van der Waals surface area (Å²) in [5, 5.41) is 1.73. The van der Waals surface area contributed by atoms with E-state index >= 15 is 0 Å². The summed E-state index contributed by atoms with van der Waals surface area (Å²) < 4.78 is 27.9. The molecule has 0 aromatic heterocycles. The van der Waals surface area contributed by atoms with Crippen molar-refractivity contribution in [2.75, 3.05) is 16.6 Å². The quantitative estimate of drug-likeness (QED) is 0.639. The molecule has 0 spiro atoms. The van der Waals surface area contributed by atoms with Gasteiger partial charge in [-0.15, -0.1) is 0 Å². The number of hydrogen-bond acceptors (Lipinski definition) is 5. The number of hydrazine groups is 1. The van der Waals surface area contributed by atoms with Gasteiger partial charge in [0.05, 0.1) is 5.92 Å². The second-order valence-corrected chi connectivity index (χ2v) is 8.16. The van der Waals surface area contributed by atoms with Gasteiger partial charge < -0.3 is 5.32 Å². The molecule has 8 heteroatoms. The summed E-state index contributed by atoms with van der Waals surface area (Å²) in [4.78, 5) is 12.6. The molecular formula is C18H22N4O3S. The normalized spacial score (nSPS) is 19.9. The van der Waals surface area contributed by atoms with Gasteiger partial charge in [0.15, 0.2) is 5.37 Å². The first-order valence-corrected chi connectivity index (χ1v) is 9.84. The van der Waals surface area contributed by atoms with E-state index in [0.717, 1.165) is 11.1 Å². The van der Waals surface area contributed by atoms with E-state index in [1.807, 2.05) is 32.0 Å². The van der Waals surface area contributed by atoms with E-state index < -0.39 is 21.3 Å². The molecule has 1 fully saturated rings. The van der Waals surface area contributed by atoms with E-state index in [9.17, 15) is 13.2 Å². The van der Waals surface area contributed by atoms with Crippen LogP contribution < -0.4 is 20.9 Å². The van der Waals surface area contributed by atoms with Gasteiger partial charge in [0, 0.05) is 17.9 Å². The molecule has 0 saturated carbocycles. The fraction of sp³-hybridized carbons (Fsp3) is 0.278. The van der Waals surface area contributed by atoms with E-state index in [1.165, 1.54) is 0 Å². The number of benzene rings is 2. The molecule has 0 bridgehead atoms. The number of sulfonamides is 1. The highest BCUT2D eigenvalue weighted by Crippen LogP contribution is 2.21. The number of anilines is 2. The maximum absolute atomic E-state index is 12.7. The lowest BCUT2D eigenvalue weighted by Crippen LogP contribution is -2.45. The zero-order valence-electron chi connectivity index (χ0n) is 14.6. The van der Waals surface area contributed by atoms with Crippen LogP contribution in [0.4, 0.5) is 11.4 Å². The molecule has 1 aliphatic heterocycles. The molecule has 1 saturated heterocycles. The Bertz CT molecular complexity index is 900. The number of amides is 1. The average molecular weight is 374 g/mol. The lowest BCUT2D eigenvalue weighted by molar-refractivity contribution is -0.119. The van der Waals surface area contributed by atoms with E-state index in [2.05, 4.69) is 20.9 Å². The number of rotatable bonds is 5. The fourth-order valence-corrected chi connectivity index (χ4v) is 4.27. The predicted octanol–water partition coefficient (Wildman–Crippen LogP) is 1.73. The second-order valence-electron chi connectivity index (χ2n) is 6.35. The van der Waals surface area contributed by atoms with Crippen LogP contribution in [-0.2, 0) is 14.8 Å². The Labute approximate surface area is 153 Å². The molecule has 2 aromatic rings. The van der Waals surface area contributed by atoms with Gasteiger partial charge in [0.25, 0.3) is 10.0 Å². The monoisotopic (exact) mass is 374 g/mol. The largest absolute Gasteiger partial charge is 0.326 e. The Morgan fingerprint density at radius 2 is 1.77 bits per heavy atom. The first kappa shape index (κ1) is 18.4. The summed E-state index contributed by atoms with van der Waals surface area (Å²) in [6, 6.07) is 14.2. The first-order chi connectivity index (χ1) is 12.4. The molecule has 0 radical (unpaired) electrons. The number of hydrogen-bond donors (Lipinski definition) is 4. The van der Waals surface area contributed by atoms with Crippen LogP contribution in [0.25, 0.3) is 0 Å². The minimum atomic E-state index is -3.80. The van der Waals surface area contributed by atoms with Crippen LogP contribution in [0.3, 0.4) is 0 Å². The van der Waals surface area contributed by atoms with Gasteiger partial charge in [-0.05, 0) is 49.2 Å². The summed E-state index contributed by atoms with van der Waals surface area (Å²) in [7, 11) is -3.80. The molecule has 4 N–H and O–H groups in total. The van der Waals surface area contributed by atoms with Gasteiger partial charge in [-0.2, -0.15) is 0 Å². The van der Waals surface area contributed by atoms with Crippen molar-refractivity contribution in [3.8, 4) is 0 Å². The van der Waals surface area contributed by atoms with E-state index in [1.54, 1.807) is 30.3 Å². The Balaban J connectivity index is 1.74. The highest BCUT2D eigenvalue weighted by Gasteiger charge is 2.41. The van der Waals surface area contributed by atoms with Crippen LogP contribution in [-0.4, -0.2) is 26.2 Å². The molecule has 1 heterocycles. The smallest absolute Gasteiger partial charge is 0.250 e. The molecule has 1 amide bonds. The lowest BCUT2D eigenvalue weighted by atomic mass is 10.1. The zero-order valence-corrected chi connectivity index (χ0v) is 15.4. The van der Waals surface area contributed by atoms with Crippen LogP contribution in [0.2, 0.25) is 0 Å².